The van der Waals surface area contributed by atoms with Gasteiger partial charge < -0.3 is 10.0 Å². The van der Waals surface area contributed by atoms with Crippen LogP contribution in [0.1, 0.15) is 5.56 Å². The smallest absolute Gasteiger partial charge is 0.328 e. The third kappa shape index (κ3) is 4.29. The van der Waals surface area contributed by atoms with E-state index in [1.54, 1.807) is 6.08 Å². The van der Waals surface area contributed by atoms with Gasteiger partial charge in [0.1, 0.15) is 0 Å². The maximum atomic E-state index is 10.4. The second kappa shape index (κ2) is 7.12. The van der Waals surface area contributed by atoms with E-state index in [2.05, 4.69) is 18.1 Å². The van der Waals surface area contributed by atoms with Crippen molar-refractivity contribution >= 4 is 17.7 Å². The standard InChI is InChI=1S/C15H17NO2/c1-3-11-16(12-4-2)14-8-5-13(6-9-14)7-10-15(17)18/h3-10H,1-2,11-12H2,(H,17,18)/b10-7+. The summed E-state index contributed by atoms with van der Waals surface area (Å²) in [5.74, 6) is -0.945. The summed E-state index contributed by atoms with van der Waals surface area (Å²) in [7, 11) is 0. The lowest BCUT2D eigenvalue weighted by molar-refractivity contribution is -0.131. The lowest BCUT2D eigenvalue weighted by atomic mass is 10.2. The van der Waals surface area contributed by atoms with E-state index in [1.807, 2.05) is 36.4 Å². The SMILES string of the molecule is C=CCN(CC=C)c1ccc(/C=C/C(=O)O)cc1. The van der Waals surface area contributed by atoms with Crippen LogP contribution in [0.5, 0.6) is 0 Å². The molecule has 1 aromatic carbocycles. The first-order chi connectivity index (χ1) is 8.67. The third-order valence-electron chi connectivity index (χ3n) is 2.38. The van der Waals surface area contributed by atoms with Gasteiger partial charge in [-0.2, -0.15) is 0 Å². The normalized spacial score (nSPS) is 10.2. The zero-order valence-corrected chi connectivity index (χ0v) is 10.2. The Morgan fingerprint density at radius 2 is 1.72 bits per heavy atom. The van der Waals surface area contributed by atoms with Gasteiger partial charge in [-0.25, -0.2) is 4.79 Å². The predicted molar refractivity (Wildman–Crippen MR) is 75.7 cm³/mol. The van der Waals surface area contributed by atoms with Crippen LogP contribution in [0.25, 0.3) is 6.08 Å². The molecule has 3 heteroatoms. The van der Waals surface area contributed by atoms with Crippen molar-refractivity contribution in [1.82, 2.24) is 0 Å². The Morgan fingerprint density at radius 1 is 1.17 bits per heavy atom. The molecule has 0 amide bonds. The number of aliphatic carboxylic acids is 1. The van der Waals surface area contributed by atoms with Crippen molar-refractivity contribution in [1.29, 1.82) is 0 Å². The van der Waals surface area contributed by atoms with Crippen LogP contribution in [-0.2, 0) is 4.79 Å². The molecule has 0 atom stereocenters. The minimum atomic E-state index is -0.945. The molecular weight excluding hydrogens is 226 g/mol. The summed E-state index contributed by atoms with van der Waals surface area (Å²) in [5, 5.41) is 8.54. The number of carboxylic acid groups (broad SMARTS) is 1. The molecule has 0 unspecified atom stereocenters. The molecule has 1 rings (SSSR count). The molecule has 0 spiro atoms. The van der Waals surface area contributed by atoms with Crippen LogP contribution in [0.3, 0.4) is 0 Å². The minimum Gasteiger partial charge on any atom is -0.478 e. The molecule has 18 heavy (non-hydrogen) atoms. The molecule has 1 aromatic rings. The second-order valence-electron chi connectivity index (χ2n) is 3.75. The van der Waals surface area contributed by atoms with Crippen molar-refractivity contribution in [2.24, 2.45) is 0 Å². The van der Waals surface area contributed by atoms with E-state index in [0.717, 1.165) is 30.4 Å². The Kier molecular flexibility index (Phi) is 5.45. The van der Waals surface area contributed by atoms with Crippen molar-refractivity contribution in [3.05, 3.63) is 61.2 Å². The van der Waals surface area contributed by atoms with E-state index in [1.165, 1.54) is 0 Å². The molecule has 1 N–H and O–H groups in total. The van der Waals surface area contributed by atoms with E-state index in [-0.39, 0.29) is 0 Å². The third-order valence-corrected chi connectivity index (χ3v) is 2.38. The van der Waals surface area contributed by atoms with Gasteiger partial charge in [0, 0.05) is 24.9 Å². The average molecular weight is 243 g/mol. The average Bonchev–Trinajstić information content (AvgIpc) is 2.37. The number of hydrogen-bond donors (Lipinski definition) is 1. The number of benzene rings is 1. The topological polar surface area (TPSA) is 40.5 Å². The number of carbonyl (C=O) groups is 1. The van der Waals surface area contributed by atoms with Crippen LogP contribution in [-0.4, -0.2) is 24.2 Å². The Hall–Kier alpha value is -2.29. The Balaban J connectivity index is 2.82. The summed E-state index contributed by atoms with van der Waals surface area (Å²) in [6.45, 7) is 8.94. The second-order valence-corrected chi connectivity index (χ2v) is 3.75. The van der Waals surface area contributed by atoms with E-state index >= 15 is 0 Å². The number of carboxylic acids is 1. The van der Waals surface area contributed by atoms with Crippen LogP contribution in [0.2, 0.25) is 0 Å². The highest BCUT2D eigenvalue weighted by Crippen LogP contribution is 2.16. The monoisotopic (exact) mass is 243 g/mol. The van der Waals surface area contributed by atoms with Crippen LogP contribution in [0.4, 0.5) is 5.69 Å². The van der Waals surface area contributed by atoms with Crippen molar-refractivity contribution in [3.63, 3.8) is 0 Å². The van der Waals surface area contributed by atoms with Gasteiger partial charge >= 0.3 is 5.97 Å². The fraction of sp³-hybridized carbons (Fsp3) is 0.133. The van der Waals surface area contributed by atoms with Gasteiger partial charge in [-0.1, -0.05) is 24.3 Å². The molecule has 0 radical (unpaired) electrons. The number of anilines is 1. The molecular formula is C15H17NO2. The van der Waals surface area contributed by atoms with Gasteiger partial charge in [0.15, 0.2) is 0 Å². The largest absolute Gasteiger partial charge is 0.478 e. The Morgan fingerprint density at radius 3 is 2.17 bits per heavy atom. The summed E-state index contributed by atoms with van der Waals surface area (Å²) in [4.78, 5) is 12.5. The molecule has 3 nitrogen and oxygen atoms in total. The van der Waals surface area contributed by atoms with Gasteiger partial charge in [0.2, 0.25) is 0 Å². The zero-order chi connectivity index (χ0) is 13.4. The van der Waals surface area contributed by atoms with Gasteiger partial charge in [-0.05, 0) is 23.8 Å². The van der Waals surface area contributed by atoms with Crippen molar-refractivity contribution in [2.45, 2.75) is 0 Å². The van der Waals surface area contributed by atoms with E-state index in [9.17, 15) is 4.79 Å². The molecule has 0 aliphatic rings. The van der Waals surface area contributed by atoms with Crippen molar-refractivity contribution in [2.75, 3.05) is 18.0 Å². The van der Waals surface area contributed by atoms with Gasteiger partial charge in [-0.15, -0.1) is 13.2 Å². The van der Waals surface area contributed by atoms with Gasteiger partial charge in [0.25, 0.3) is 0 Å². The fourth-order valence-corrected chi connectivity index (χ4v) is 1.56. The molecule has 0 saturated carbocycles. The maximum Gasteiger partial charge on any atom is 0.328 e. The molecule has 0 aromatic heterocycles. The van der Waals surface area contributed by atoms with Gasteiger partial charge in [0.05, 0.1) is 0 Å². The maximum absolute atomic E-state index is 10.4. The number of nitrogens with zero attached hydrogens (tertiary/aromatic N) is 1. The molecule has 0 fully saturated rings. The molecule has 0 heterocycles. The number of hydrogen-bond acceptors (Lipinski definition) is 2. The fourth-order valence-electron chi connectivity index (χ4n) is 1.56. The molecule has 0 saturated heterocycles. The summed E-state index contributed by atoms with van der Waals surface area (Å²) < 4.78 is 0. The van der Waals surface area contributed by atoms with E-state index in [4.69, 9.17) is 5.11 Å². The minimum absolute atomic E-state index is 0.746. The van der Waals surface area contributed by atoms with Crippen LogP contribution in [0, 0.1) is 0 Å². The highest BCUT2D eigenvalue weighted by atomic mass is 16.4. The molecule has 0 aliphatic carbocycles. The lowest BCUT2D eigenvalue weighted by Gasteiger charge is -2.21. The molecule has 0 aliphatic heterocycles. The number of rotatable bonds is 7. The van der Waals surface area contributed by atoms with Crippen LogP contribution in [0.15, 0.2) is 55.7 Å². The lowest BCUT2D eigenvalue weighted by Crippen LogP contribution is -2.22. The van der Waals surface area contributed by atoms with E-state index < -0.39 is 5.97 Å². The van der Waals surface area contributed by atoms with E-state index in [0.29, 0.717) is 0 Å². The molecule has 94 valence electrons. The summed E-state index contributed by atoms with van der Waals surface area (Å²) in [6, 6.07) is 7.67. The quantitative estimate of drug-likeness (QED) is 0.591. The van der Waals surface area contributed by atoms with Gasteiger partial charge in [-0.3, -0.25) is 0 Å². The van der Waals surface area contributed by atoms with Crippen LogP contribution < -0.4 is 4.90 Å². The summed E-state index contributed by atoms with van der Waals surface area (Å²) >= 11 is 0. The molecule has 0 bridgehead atoms. The summed E-state index contributed by atoms with van der Waals surface area (Å²) in [5.41, 5.74) is 1.92. The first-order valence-electron chi connectivity index (χ1n) is 5.65. The first kappa shape index (κ1) is 13.8. The first-order valence-corrected chi connectivity index (χ1v) is 5.65. The predicted octanol–water partition coefficient (Wildman–Crippen LogP) is 2.96. The zero-order valence-electron chi connectivity index (χ0n) is 10.2. The highest BCUT2D eigenvalue weighted by Gasteiger charge is 2.01. The van der Waals surface area contributed by atoms with Crippen molar-refractivity contribution < 1.29 is 9.90 Å². The Labute approximate surface area is 107 Å². The van der Waals surface area contributed by atoms with Crippen LogP contribution >= 0.6 is 0 Å². The Bertz CT molecular complexity index is 436. The summed E-state index contributed by atoms with van der Waals surface area (Å²) in [6.07, 6.45) is 6.36. The van der Waals surface area contributed by atoms with Crippen molar-refractivity contribution in [3.8, 4) is 0 Å². The highest BCUT2D eigenvalue weighted by molar-refractivity contribution is 5.85.